The third-order valence-corrected chi connectivity index (χ3v) is 5.99. The monoisotopic (exact) mass is 491 g/mol. The Morgan fingerprint density at radius 2 is 1.80 bits per heavy atom. The molecule has 2 saturated heterocycles. The molecule has 12 nitrogen and oxygen atoms in total. The lowest BCUT2D eigenvalue weighted by molar-refractivity contribution is -0.157. The number of cyclic esters (lactones) is 1. The summed E-state index contributed by atoms with van der Waals surface area (Å²) in [6.07, 6.45) is -0.781. The molecule has 12 heteroatoms. The van der Waals surface area contributed by atoms with Gasteiger partial charge in [0, 0.05) is 44.0 Å². The lowest BCUT2D eigenvalue weighted by Crippen LogP contribution is -2.54. The van der Waals surface area contributed by atoms with Gasteiger partial charge in [0.25, 0.3) is 0 Å². The van der Waals surface area contributed by atoms with Crippen LogP contribution in [-0.4, -0.2) is 104 Å². The Morgan fingerprint density at radius 1 is 1.14 bits per heavy atom. The van der Waals surface area contributed by atoms with Gasteiger partial charge in [-0.05, 0) is 38.1 Å². The minimum Gasteiger partial charge on any atom is -0.466 e. The van der Waals surface area contributed by atoms with Crippen molar-refractivity contribution >= 4 is 29.6 Å². The number of nitrogens with two attached hydrogens (primary N) is 1. The fourth-order valence-electron chi connectivity index (χ4n) is 4.22. The first kappa shape index (κ1) is 26.2. The van der Waals surface area contributed by atoms with Crippen molar-refractivity contribution in [2.75, 3.05) is 57.4 Å². The van der Waals surface area contributed by atoms with Gasteiger partial charge in [-0.2, -0.15) is 0 Å². The molecule has 35 heavy (non-hydrogen) atoms. The molecule has 3 N–H and O–H groups in total. The minimum absolute atomic E-state index is 0.00924. The van der Waals surface area contributed by atoms with E-state index in [0.29, 0.717) is 50.5 Å². The van der Waals surface area contributed by atoms with E-state index in [1.807, 2.05) is 4.90 Å². The molecule has 0 radical (unpaired) electrons. The van der Waals surface area contributed by atoms with Crippen molar-refractivity contribution < 1.29 is 33.8 Å². The molecule has 2 atom stereocenters. The van der Waals surface area contributed by atoms with Crippen LogP contribution in [0.3, 0.4) is 0 Å². The van der Waals surface area contributed by atoms with Crippen molar-refractivity contribution in [2.24, 2.45) is 10.9 Å². The molecule has 0 spiro atoms. The number of hydrogen-bond acceptors (Lipinski definition) is 10. The van der Waals surface area contributed by atoms with Crippen LogP contribution in [0.2, 0.25) is 0 Å². The number of amidine groups is 1. The molecule has 1 amide bonds. The van der Waals surface area contributed by atoms with Gasteiger partial charge in [-0.25, -0.2) is 4.79 Å². The Balaban J connectivity index is 1.53. The molecule has 1 aromatic rings. The maximum Gasteiger partial charge on any atom is 0.414 e. The minimum atomic E-state index is -0.677. The number of rotatable bonds is 10. The number of piperazine rings is 1. The Morgan fingerprint density at radius 3 is 2.40 bits per heavy atom. The van der Waals surface area contributed by atoms with E-state index < -0.39 is 24.1 Å². The van der Waals surface area contributed by atoms with Crippen molar-refractivity contribution in [3.05, 3.63) is 29.8 Å². The summed E-state index contributed by atoms with van der Waals surface area (Å²) in [4.78, 5) is 42.5. The summed E-state index contributed by atoms with van der Waals surface area (Å²) in [7, 11) is 0. The second-order valence-corrected chi connectivity index (χ2v) is 8.26. The molecule has 3 rings (SSSR count). The zero-order chi connectivity index (χ0) is 25.4. The van der Waals surface area contributed by atoms with Crippen molar-refractivity contribution in [2.45, 2.75) is 32.4 Å². The largest absolute Gasteiger partial charge is 0.466 e. The first-order valence-corrected chi connectivity index (χ1v) is 11.7. The number of esters is 2. The number of carbonyl (C=O) groups is 3. The van der Waals surface area contributed by atoms with E-state index in [9.17, 15) is 14.4 Å². The van der Waals surface area contributed by atoms with E-state index in [0.717, 1.165) is 0 Å². The SMILES string of the molecule is CCOC(=O)CC(C(=O)OCC)N1CCN(CC2CN(c3ccc(C(N)=NO)cc3)C(=O)O2)CC1. The Labute approximate surface area is 204 Å². The van der Waals surface area contributed by atoms with E-state index in [4.69, 9.17) is 25.2 Å². The van der Waals surface area contributed by atoms with Crippen LogP contribution in [0.1, 0.15) is 25.8 Å². The topological polar surface area (TPSA) is 147 Å². The van der Waals surface area contributed by atoms with Gasteiger partial charge < -0.3 is 25.2 Å². The van der Waals surface area contributed by atoms with Crippen LogP contribution < -0.4 is 10.6 Å². The Kier molecular flexibility index (Phi) is 9.26. The summed E-state index contributed by atoms with van der Waals surface area (Å²) in [5.74, 6) is -0.859. The molecule has 2 fully saturated rings. The number of nitrogens with zero attached hydrogens (tertiary/aromatic N) is 4. The molecule has 0 bridgehead atoms. The standard InChI is InChI=1S/C23H33N5O7/c1-3-33-20(29)13-19(22(30)34-4-2)27-11-9-26(10-12-27)14-18-15-28(23(31)35-18)17-7-5-16(6-8-17)21(24)25-32/h5-8,18-19,32H,3-4,9-15H2,1-2H3,(H2,24,25). The van der Waals surface area contributed by atoms with Crippen LogP contribution in [0.4, 0.5) is 10.5 Å². The first-order chi connectivity index (χ1) is 16.9. The molecular formula is C23H33N5O7. The molecule has 2 aliphatic heterocycles. The summed E-state index contributed by atoms with van der Waals surface area (Å²) in [6.45, 7) is 7.37. The van der Waals surface area contributed by atoms with Crippen LogP contribution in [0.15, 0.2) is 29.4 Å². The lowest BCUT2D eigenvalue weighted by atomic mass is 10.1. The van der Waals surface area contributed by atoms with E-state index in [-0.39, 0.29) is 31.6 Å². The fraction of sp³-hybridized carbons (Fsp3) is 0.565. The highest BCUT2D eigenvalue weighted by Gasteiger charge is 2.36. The van der Waals surface area contributed by atoms with Crippen molar-refractivity contribution in [3.8, 4) is 0 Å². The summed E-state index contributed by atoms with van der Waals surface area (Å²) < 4.78 is 15.8. The Bertz CT molecular complexity index is 915. The maximum absolute atomic E-state index is 12.5. The van der Waals surface area contributed by atoms with Gasteiger partial charge in [-0.3, -0.25) is 24.3 Å². The zero-order valence-corrected chi connectivity index (χ0v) is 20.1. The molecule has 0 aromatic heterocycles. The van der Waals surface area contributed by atoms with Gasteiger partial charge in [0.1, 0.15) is 12.1 Å². The second-order valence-electron chi connectivity index (χ2n) is 8.26. The van der Waals surface area contributed by atoms with Gasteiger partial charge in [-0.1, -0.05) is 5.16 Å². The van der Waals surface area contributed by atoms with Gasteiger partial charge in [0.2, 0.25) is 0 Å². The third kappa shape index (κ3) is 6.83. The van der Waals surface area contributed by atoms with Crippen LogP contribution in [-0.2, 0) is 23.8 Å². The van der Waals surface area contributed by atoms with Gasteiger partial charge in [0.15, 0.2) is 5.84 Å². The fourth-order valence-corrected chi connectivity index (χ4v) is 4.22. The summed E-state index contributed by atoms with van der Waals surface area (Å²) in [5, 5.41) is 11.8. The highest BCUT2D eigenvalue weighted by Crippen LogP contribution is 2.23. The first-order valence-electron chi connectivity index (χ1n) is 11.7. The summed E-state index contributed by atoms with van der Waals surface area (Å²) in [5.41, 5.74) is 6.79. The molecule has 192 valence electrons. The molecule has 1 aromatic carbocycles. The molecule has 0 saturated carbocycles. The van der Waals surface area contributed by atoms with Crippen LogP contribution >= 0.6 is 0 Å². The molecule has 2 unspecified atom stereocenters. The number of anilines is 1. The zero-order valence-electron chi connectivity index (χ0n) is 20.1. The van der Waals surface area contributed by atoms with Crippen LogP contribution in [0.5, 0.6) is 0 Å². The van der Waals surface area contributed by atoms with E-state index in [1.54, 1.807) is 43.0 Å². The molecule has 2 aliphatic rings. The summed E-state index contributed by atoms with van der Waals surface area (Å²) in [6, 6.07) is 6.09. The second kappa shape index (κ2) is 12.4. The third-order valence-electron chi connectivity index (χ3n) is 5.99. The molecular weight excluding hydrogens is 458 g/mol. The van der Waals surface area contributed by atoms with E-state index >= 15 is 0 Å². The van der Waals surface area contributed by atoms with Crippen molar-refractivity contribution in [3.63, 3.8) is 0 Å². The maximum atomic E-state index is 12.5. The van der Waals surface area contributed by atoms with Crippen LogP contribution in [0, 0.1) is 0 Å². The number of amides is 1. The number of oxime groups is 1. The predicted molar refractivity (Wildman–Crippen MR) is 126 cm³/mol. The Hall–Kier alpha value is -3.38. The van der Waals surface area contributed by atoms with E-state index in [2.05, 4.69) is 10.1 Å². The van der Waals surface area contributed by atoms with Crippen molar-refractivity contribution in [1.29, 1.82) is 0 Å². The van der Waals surface area contributed by atoms with Crippen molar-refractivity contribution in [1.82, 2.24) is 9.80 Å². The number of hydrogen-bond donors (Lipinski definition) is 2. The van der Waals surface area contributed by atoms with Gasteiger partial charge in [-0.15, -0.1) is 0 Å². The smallest absolute Gasteiger partial charge is 0.414 e. The average Bonchev–Trinajstić information content (AvgIpc) is 3.22. The number of benzene rings is 1. The van der Waals surface area contributed by atoms with Crippen LogP contribution in [0.25, 0.3) is 0 Å². The lowest BCUT2D eigenvalue weighted by Gasteiger charge is -2.38. The number of ether oxygens (including phenoxy) is 3. The van der Waals surface area contributed by atoms with E-state index in [1.165, 1.54) is 0 Å². The molecule has 0 aliphatic carbocycles. The number of carbonyl (C=O) groups excluding carboxylic acids is 3. The predicted octanol–water partition coefficient (Wildman–Crippen LogP) is 0.609. The normalized spacial score (nSPS) is 20.4. The highest BCUT2D eigenvalue weighted by atomic mass is 16.6. The van der Waals surface area contributed by atoms with Gasteiger partial charge >= 0.3 is 18.0 Å². The summed E-state index contributed by atoms with van der Waals surface area (Å²) >= 11 is 0. The average molecular weight is 492 g/mol. The highest BCUT2D eigenvalue weighted by molar-refractivity contribution is 5.98. The van der Waals surface area contributed by atoms with Gasteiger partial charge in [0.05, 0.1) is 26.2 Å². The quantitative estimate of drug-likeness (QED) is 0.119. The molecule has 2 heterocycles.